The van der Waals surface area contributed by atoms with Gasteiger partial charge in [-0.2, -0.15) is 0 Å². The van der Waals surface area contributed by atoms with Gasteiger partial charge >= 0.3 is 0 Å². The molecule has 4 heteroatoms. The van der Waals surface area contributed by atoms with Crippen LogP contribution in [0.3, 0.4) is 0 Å². The number of rotatable bonds is 5. The number of nitrogens with zero attached hydrogens (tertiary/aromatic N) is 1. The highest BCUT2D eigenvalue weighted by atomic mass is 16.5. The van der Waals surface area contributed by atoms with E-state index in [2.05, 4.69) is 0 Å². The van der Waals surface area contributed by atoms with Gasteiger partial charge in [-0.15, -0.1) is 0 Å². The van der Waals surface area contributed by atoms with Crippen LogP contribution in [0.15, 0.2) is 28.7 Å². The molecule has 0 saturated carbocycles. The predicted octanol–water partition coefficient (Wildman–Crippen LogP) is 3.66. The lowest BCUT2D eigenvalue weighted by atomic mass is 10.1. The molecular weight excluding hydrogens is 278 g/mol. The van der Waals surface area contributed by atoms with Crippen molar-refractivity contribution in [3.63, 3.8) is 0 Å². The summed E-state index contributed by atoms with van der Waals surface area (Å²) in [6, 6.07) is 7.88. The molecule has 0 radical (unpaired) electrons. The number of hydrogen-bond acceptors (Lipinski definition) is 3. The van der Waals surface area contributed by atoms with E-state index in [0.29, 0.717) is 24.5 Å². The molecule has 2 aromatic rings. The van der Waals surface area contributed by atoms with Crippen molar-refractivity contribution in [3.05, 3.63) is 52.5 Å². The Labute approximate surface area is 131 Å². The van der Waals surface area contributed by atoms with Crippen molar-refractivity contribution in [3.8, 4) is 5.75 Å². The van der Waals surface area contributed by atoms with E-state index in [1.54, 1.807) is 11.9 Å². The van der Waals surface area contributed by atoms with Gasteiger partial charge in [0, 0.05) is 12.6 Å². The summed E-state index contributed by atoms with van der Waals surface area (Å²) in [5, 5.41) is 0. The fraction of sp³-hybridized carbons (Fsp3) is 0.389. The Morgan fingerprint density at radius 1 is 1.09 bits per heavy atom. The molecule has 0 N–H and O–H groups in total. The van der Waals surface area contributed by atoms with E-state index in [4.69, 9.17) is 9.15 Å². The maximum Gasteiger partial charge on any atom is 0.257 e. The number of likely N-dealkylation sites (N-methyl/N-ethyl adjacent to an activating group) is 1. The second-order valence-electron chi connectivity index (χ2n) is 5.60. The van der Waals surface area contributed by atoms with Gasteiger partial charge < -0.3 is 14.1 Å². The summed E-state index contributed by atoms with van der Waals surface area (Å²) in [6.07, 6.45) is 0. The van der Waals surface area contributed by atoms with E-state index in [1.807, 2.05) is 52.0 Å². The lowest BCUT2D eigenvalue weighted by Crippen LogP contribution is -2.31. The average molecular weight is 301 g/mol. The third-order valence-corrected chi connectivity index (χ3v) is 3.84. The molecular formula is C18H23NO3. The number of carbonyl (C=O) groups is 1. The Morgan fingerprint density at radius 2 is 1.73 bits per heavy atom. The second-order valence-corrected chi connectivity index (χ2v) is 5.60. The van der Waals surface area contributed by atoms with Gasteiger partial charge in [-0.3, -0.25) is 4.79 Å². The Hall–Kier alpha value is -2.23. The van der Waals surface area contributed by atoms with Gasteiger partial charge in [-0.1, -0.05) is 17.7 Å². The van der Waals surface area contributed by atoms with Crippen molar-refractivity contribution in [2.45, 2.75) is 27.7 Å². The van der Waals surface area contributed by atoms with Gasteiger partial charge in [0.1, 0.15) is 23.9 Å². The van der Waals surface area contributed by atoms with Crippen molar-refractivity contribution < 1.29 is 13.9 Å². The van der Waals surface area contributed by atoms with Crippen molar-refractivity contribution in [2.75, 3.05) is 20.2 Å². The van der Waals surface area contributed by atoms with Gasteiger partial charge in [0.05, 0.1) is 12.1 Å². The third-order valence-electron chi connectivity index (χ3n) is 3.84. The van der Waals surface area contributed by atoms with Crippen LogP contribution in [0.1, 0.15) is 33.0 Å². The zero-order valence-electron chi connectivity index (χ0n) is 13.9. The highest BCUT2D eigenvalue weighted by Gasteiger charge is 2.21. The molecule has 0 bridgehead atoms. The molecule has 0 aliphatic heterocycles. The van der Waals surface area contributed by atoms with Crippen LogP contribution in [0, 0.1) is 27.7 Å². The molecule has 1 amide bonds. The van der Waals surface area contributed by atoms with Gasteiger partial charge in [-0.25, -0.2) is 0 Å². The highest BCUT2D eigenvalue weighted by Crippen LogP contribution is 2.22. The van der Waals surface area contributed by atoms with E-state index < -0.39 is 0 Å². The van der Waals surface area contributed by atoms with Crippen LogP contribution in [0.25, 0.3) is 0 Å². The summed E-state index contributed by atoms with van der Waals surface area (Å²) in [7, 11) is 1.78. The minimum absolute atomic E-state index is 0.0284. The first-order chi connectivity index (χ1) is 10.4. The van der Waals surface area contributed by atoms with Crippen LogP contribution in [0.4, 0.5) is 0 Å². The molecule has 22 heavy (non-hydrogen) atoms. The minimum Gasteiger partial charge on any atom is -0.492 e. The summed E-state index contributed by atoms with van der Waals surface area (Å²) < 4.78 is 11.2. The zero-order valence-corrected chi connectivity index (χ0v) is 13.9. The molecule has 0 spiro atoms. The number of ether oxygens (including phenoxy) is 1. The van der Waals surface area contributed by atoms with E-state index in [9.17, 15) is 4.79 Å². The van der Waals surface area contributed by atoms with Crippen molar-refractivity contribution >= 4 is 5.91 Å². The second kappa shape index (κ2) is 6.69. The first-order valence-corrected chi connectivity index (χ1v) is 7.41. The van der Waals surface area contributed by atoms with E-state index in [-0.39, 0.29) is 5.91 Å². The van der Waals surface area contributed by atoms with Crippen LogP contribution >= 0.6 is 0 Å². The van der Waals surface area contributed by atoms with Gasteiger partial charge in [0.25, 0.3) is 5.91 Å². The van der Waals surface area contributed by atoms with Gasteiger partial charge in [-0.05, 0) is 39.8 Å². The number of benzene rings is 1. The molecule has 0 fully saturated rings. The molecule has 0 aliphatic carbocycles. The lowest BCUT2D eigenvalue weighted by molar-refractivity contribution is 0.0771. The fourth-order valence-corrected chi connectivity index (χ4v) is 2.34. The molecule has 1 aromatic heterocycles. The van der Waals surface area contributed by atoms with Crippen LogP contribution < -0.4 is 4.74 Å². The standard InChI is InChI=1S/C18H23NO3/c1-12-6-8-16(9-7-12)21-11-10-19(5)18(20)17-13(2)14(3)22-15(17)4/h6-9H,10-11H2,1-5H3. The maximum absolute atomic E-state index is 12.5. The normalized spacial score (nSPS) is 10.6. The molecule has 118 valence electrons. The first kappa shape index (κ1) is 16.1. The number of aryl methyl sites for hydroxylation is 3. The topological polar surface area (TPSA) is 42.7 Å². The molecule has 1 aromatic carbocycles. The lowest BCUT2D eigenvalue weighted by Gasteiger charge is -2.17. The van der Waals surface area contributed by atoms with Crippen molar-refractivity contribution in [2.24, 2.45) is 0 Å². The van der Waals surface area contributed by atoms with Crippen LogP contribution in [-0.2, 0) is 0 Å². The zero-order chi connectivity index (χ0) is 16.3. The predicted molar refractivity (Wildman–Crippen MR) is 86.6 cm³/mol. The van der Waals surface area contributed by atoms with Gasteiger partial charge in [0.15, 0.2) is 0 Å². The maximum atomic E-state index is 12.5. The van der Waals surface area contributed by atoms with E-state index in [0.717, 1.165) is 17.1 Å². The minimum atomic E-state index is -0.0284. The molecule has 1 heterocycles. The fourth-order valence-electron chi connectivity index (χ4n) is 2.34. The Bertz CT molecular complexity index is 656. The summed E-state index contributed by atoms with van der Waals surface area (Å²) >= 11 is 0. The van der Waals surface area contributed by atoms with Gasteiger partial charge in [0.2, 0.25) is 0 Å². The Morgan fingerprint density at radius 3 is 2.27 bits per heavy atom. The molecule has 0 atom stereocenters. The SMILES string of the molecule is Cc1ccc(OCCN(C)C(=O)c2c(C)oc(C)c2C)cc1. The Kier molecular flexibility index (Phi) is 4.91. The number of carbonyl (C=O) groups excluding carboxylic acids is 1. The van der Waals surface area contributed by atoms with E-state index >= 15 is 0 Å². The Balaban J connectivity index is 1.93. The quantitative estimate of drug-likeness (QED) is 0.846. The first-order valence-electron chi connectivity index (χ1n) is 7.41. The molecule has 2 rings (SSSR count). The summed E-state index contributed by atoms with van der Waals surface area (Å²) in [5.74, 6) is 2.26. The van der Waals surface area contributed by atoms with Crippen molar-refractivity contribution in [1.82, 2.24) is 4.90 Å². The number of hydrogen-bond donors (Lipinski definition) is 0. The number of amides is 1. The van der Waals surface area contributed by atoms with E-state index in [1.165, 1.54) is 5.56 Å². The number of furan rings is 1. The smallest absolute Gasteiger partial charge is 0.257 e. The molecule has 0 saturated heterocycles. The van der Waals surface area contributed by atoms with Crippen LogP contribution in [0.5, 0.6) is 5.75 Å². The third kappa shape index (κ3) is 3.50. The highest BCUT2D eigenvalue weighted by molar-refractivity contribution is 5.96. The summed E-state index contributed by atoms with van der Waals surface area (Å²) in [5.41, 5.74) is 2.77. The molecule has 0 aliphatic rings. The summed E-state index contributed by atoms with van der Waals surface area (Å²) in [6.45, 7) is 8.63. The van der Waals surface area contributed by atoms with Crippen LogP contribution in [-0.4, -0.2) is 31.0 Å². The average Bonchev–Trinajstić information content (AvgIpc) is 2.73. The molecule has 4 nitrogen and oxygen atoms in total. The molecule has 0 unspecified atom stereocenters. The largest absolute Gasteiger partial charge is 0.492 e. The monoisotopic (exact) mass is 301 g/mol. The van der Waals surface area contributed by atoms with Crippen LogP contribution in [0.2, 0.25) is 0 Å². The van der Waals surface area contributed by atoms with Crippen molar-refractivity contribution in [1.29, 1.82) is 0 Å². The summed E-state index contributed by atoms with van der Waals surface area (Å²) in [4.78, 5) is 14.2.